The van der Waals surface area contributed by atoms with Crippen molar-refractivity contribution in [3.8, 4) is 0 Å². The summed E-state index contributed by atoms with van der Waals surface area (Å²) in [5.41, 5.74) is 0.218. The van der Waals surface area contributed by atoms with Gasteiger partial charge in [-0.1, -0.05) is 43.1 Å². The van der Waals surface area contributed by atoms with Crippen LogP contribution >= 0.6 is 15.9 Å². The molecule has 0 bridgehead atoms. The Balaban J connectivity index is 3.67. The molecule has 0 aliphatic carbocycles. The minimum Gasteiger partial charge on any atom is -0.356 e. The second-order valence-corrected chi connectivity index (χ2v) is 5.63. The number of halogens is 1. The quantitative estimate of drug-likeness (QED) is 0.676. The van der Waals surface area contributed by atoms with Crippen LogP contribution in [0.15, 0.2) is 0 Å². The predicted molar refractivity (Wildman–Crippen MR) is 69.3 cm³/mol. The molecule has 0 spiro atoms. The van der Waals surface area contributed by atoms with Gasteiger partial charge in [-0.2, -0.15) is 0 Å². The largest absolute Gasteiger partial charge is 0.356 e. The number of carbonyl (C=O) groups excluding carboxylic acids is 1. The van der Waals surface area contributed by atoms with Crippen molar-refractivity contribution in [2.45, 2.75) is 52.9 Å². The monoisotopic (exact) mass is 277 g/mol. The van der Waals surface area contributed by atoms with Gasteiger partial charge in [-0.05, 0) is 24.7 Å². The molecule has 0 aromatic heterocycles. The van der Waals surface area contributed by atoms with Gasteiger partial charge in [0.15, 0.2) is 0 Å². The first-order valence-electron chi connectivity index (χ1n) is 5.84. The number of nitrogens with one attached hydrogen (secondary N) is 1. The van der Waals surface area contributed by atoms with Gasteiger partial charge in [0.2, 0.25) is 5.91 Å². The molecular weight excluding hydrogens is 254 g/mol. The maximum Gasteiger partial charge on any atom is 0.220 e. The molecule has 1 N–H and O–H groups in total. The number of unbranched alkanes of at least 4 members (excludes halogenated alkanes) is 1. The van der Waals surface area contributed by atoms with E-state index in [9.17, 15) is 4.79 Å². The van der Waals surface area contributed by atoms with E-state index in [1.54, 1.807) is 0 Å². The van der Waals surface area contributed by atoms with Crippen LogP contribution in [0.2, 0.25) is 0 Å². The van der Waals surface area contributed by atoms with E-state index in [4.69, 9.17) is 0 Å². The van der Waals surface area contributed by atoms with E-state index in [1.165, 1.54) is 0 Å². The third-order valence-electron chi connectivity index (χ3n) is 2.51. The Bertz CT molecular complexity index is 180. The molecule has 0 radical (unpaired) electrons. The lowest BCUT2D eigenvalue weighted by Gasteiger charge is -2.24. The van der Waals surface area contributed by atoms with Gasteiger partial charge in [-0.3, -0.25) is 4.79 Å². The van der Waals surface area contributed by atoms with Crippen LogP contribution in [0.1, 0.15) is 52.9 Å². The summed E-state index contributed by atoms with van der Waals surface area (Å²) in [7, 11) is 0. The minimum absolute atomic E-state index is 0.198. The summed E-state index contributed by atoms with van der Waals surface area (Å²) in [6.45, 7) is 7.31. The van der Waals surface area contributed by atoms with Crippen molar-refractivity contribution in [2.24, 2.45) is 5.41 Å². The summed E-state index contributed by atoms with van der Waals surface area (Å²) < 4.78 is 0. The van der Waals surface area contributed by atoms with E-state index in [0.29, 0.717) is 6.42 Å². The van der Waals surface area contributed by atoms with Gasteiger partial charge in [0.25, 0.3) is 0 Å². The fourth-order valence-electron chi connectivity index (χ4n) is 1.40. The molecule has 3 heteroatoms. The van der Waals surface area contributed by atoms with Crippen molar-refractivity contribution in [1.29, 1.82) is 0 Å². The van der Waals surface area contributed by atoms with Crippen LogP contribution in [-0.4, -0.2) is 17.8 Å². The first kappa shape index (κ1) is 14.9. The maximum atomic E-state index is 11.4. The Morgan fingerprint density at radius 1 is 1.33 bits per heavy atom. The van der Waals surface area contributed by atoms with Gasteiger partial charge in [0, 0.05) is 18.3 Å². The lowest BCUT2D eigenvalue weighted by atomic mass is 9.88. The Kier molecular flexibility index (Phi) is 8.12. The average Bonchev–Trinajstić information content (AvgIpc) is 2.21. The van der Waals surface area contributed by atoms with E-state index < -0.39 is 0 Å². The van der Waals surface area contributed by atoms with Crippen LogP contribution in [0.3, 0.4) is 0 Å². The van der Waals surface area contributed by atoms with Crippen LogP contribution in [0.5, 0.6) is 0 Å². The molecule has 0 fully saturated rings. The van der Waals surface area contributed by atoms with Gasteiger partial charge in [-0.15, -0.1) is 0 Å². The maximum absolute atomic E-state index is 11.4. The highest BCUT2D eigenvalue weighted by molar-refractivity contribution is 9.09. The summed E-state index contributed by atoms with van der Waals surface area (Å²) in [6.07, 6.45) is 5.06. The molecule has 2 nitrogen and oxygen atoms in total. The molecule has 0 unspecified atom stereocenters. The molecule has 0 rings (SSSR count). The van der Waals surface area contributed by atoms with E-state index in [1.807, 2.05) is 0 Å². The smallest absolute Gasteiger partial charge is 0.220 e. The molecular formula is C12H24BrNO. The zero-order valence-electron chi connectivity index (χ0n) is 10.2. The van der Waals surface area contributed by atoms with Crippen molar-refractivity contribution >= 4 is 21.8 Å². The van der Waals surface area contributed by atoms with E-state index in [-0.39, 0.29) is 11.3 Å². The lowest BCUT2D eigenvalue weighted by molar-refractivity contribution is -0.121. The van der Waals surface area contributed by atoms with Crippen LogP contribution in [-0.2, 0) is 4.79 Å². The summed E-state index contributed by atoms with van der Waals surface area (Å²) in [5, 5.41) is 4.05. The molecule has 0 aromatic carbocycles. The molecule has 0 aromatic rings. The first-order valence-corrected chi connectivity index (χ1v) is 6.96. The zero-order chi connectivity index (χ0) is 11.7. The molecule has 0 saturated carbocycles. The molecule has 0 aliphatic heterocycles. The molecule has 1 amide bonds. The SMILES string of the molecule is CCCCC(=O)NCC(C)(C)CCCBr. The first-order chi connectivity index (χ1) is 7.02. The zero-order valence-corrected chi connectivity index (χ0v) is 11.8. The van der Waals surface area contributed by atoms with Crippen LogP contribution in [0.25, 0.3) is 0 Å². The van der Waals surface area contributed by atoms with Crippen molar-refractivity contribution in [3.05, 3.63) is 0 Å². The number of carbonyl (C=O) groups is 1. The van der Waals surface area contributed by atoms with Gasteiger partial charge in [0.05, 0.1) is 0 Å². The van der Waals surface area contributed by atoms with Crippen molar-refractivity contribution in [1.82, 2.24) is 5.32 Å². The molecule has 15 heavy (non-hydrogen) atoms. The van der Waals surface area contributed by atoms with E-state index in [2.05, 4.69) is 42.0 Å². The van der Waals surface area contributed by atoms with Gasteiger partial charge >= 0.3 is 0 Å². The van der Waals surface area contributed by atoms with E-state index in [0.717, 1.165) is 37.6 Å². The number of rotatable bonds is 8. The Hall–Kier alpha value is -0.0500. The molecule has 0 atom stereocenters. The van der Waals surface area contributed by atoms with Crippen molar-refractivity contribution in [3.63, 3.8) is 0 Å². The number of alkyl halides is 1. The number of amides is 1. The van der Waals surface area contributed by atoms with E-state index >= 15 is 0 Å². The van der Waals surface area contributed by atoms with Gasteiger partial charge in [0.1, 0.15) is 0 Å². The molecule has 0 aliphatic rings. The fourth-order valence-corrected chi connectivity index (χ4v) is 1.68. The highest BCUT2D eigenvalue weighted by Gasteiger charge is 2.17. The van der Waals surface area contributed by atoms with Gasteiger partial charge < -0.3 is 5.32 Å². The highest BCUT2D eigenvalue weighted by Crippen LogP contribution is 2.21. The second-order valence-electron chi connectivity index (χ2n) is 4.84. The summed E-state index contributed by atoms with van der Waals surface area (Å²) in [5.74, 6) is 0.198. The minimum atomic E-state index is 0.198. The average molecular weight is 278 g/mol. The Morgan fingerprint density at radius 3 is 2.53 bits per heavy atom. The molecule has 90 valence electrons. The number of hydrogen-bond donors (Lipinski definition) is 1. The third kappa shape index (κ3) is 8.91. The van der Waals surface area contributed by atoms with Crippen LogP contribution in [0, 0.1) is 5.41 Å². The standard InChI is InChI=1S/C12H24BrNO/c1-4-5-7-11(15)14-10-12(2,3)8-6-9-13/h4-10H2,1-3H3,(H,14,15). The third-order valence-corrected chi connectivity index (χ3v) is 3.07. The Morgan fingerprint density at radius 2 is 2.00 bits per heavy atom. The Labute approximate surface area is 102 Å². The van der Waals surface area contributed by atoms with Crippen molar-refractivity contribution in [2.75, 3.05) is 11.9 Å². The molecule has 0 heterocycles. The van der Waals surface area contributed by atoms with Gasteiger partial charge in [-0.25, -0.2) is 0 Å². The predicted octanol–water partition coefficient (Wildman–Crippen LogP) is 3.49. The summed E-state index contributed by atoms with van der Waals surface area (Å²) in [4.78, 5) is 11.4. The summed E-state index contributed by atoms with van der Waals surface area (Å²) in [6, 6.07) is 0. The van der Waals surface area contributed by atoms with Crippen LogP contribution in [0.4, 0.5) is 0 Å². The number of hydrogen-bond acceptors (Lipinski definition) is 1. The topological polar surface area (TPSA) is 29.1 Å². The molecule has 0 saturated heterocycles. The normalized spacial score (nSPS) is 11.5. The lowest BCUT2D eigenvalue weighted by Crippen LogP contribution is -2.33. The van der Waals surface area contributed by atoms with Crippen LogP contribution < -0.4 is 5.32 Å². The van der Waals surface area contributed by atoms with Crippen molar-refractivity contribution < 1.29 is 4.79 Å². The highest BCUT2D eigenvalue weighted by atomic mass is 79.9. The summed E-state index contributed by atoms with van der Waals surface area (Å²) >= 11 is 3.43. The fraction of sp³-hybridized carbons (Fsp3) is 0.917. The second kappa shape index (κ2) is 8.14.